The van der Waals surface area contributed by atoms with Crippen molar-refractivity contribution in [3.63, 3.8) is 0 Å². The highest BCUT2D eigenvalue weighted by Crippen LogP contribution is 2.49. The molecule has 2 aromatic carbocycles. The second-order valence-electron chi connectivity index (χ2n) is 6.95. The number of nitrogens with zero attached hydrogens (tertiary/aromatic N) is 1. The van der Waals surface area contributed by atoms with Gasteiger partial charge in [0.25, 0.3) is 0 Å². The average molecular weight is 320 g/mol. The molecule has 2 N–H and O–H groups in total. The van der Waals surface area contributed by atoms with Gasteiger partial charge in [0, 0.05) is 23.1 Å². The van der Waals surface area contributed by atoms with E-state index in [2.05, 4.69) is 37.2 Å². The molecule has 0 radical (unpaired) electrons. The molecule has 0 aliphatic heterocycles. The van der Waals surface area contributed by atoms with Crippen molar-refractivity contribution in [2.45, 2.75) is 12.8 Å². The molecule has 0 atom stereocenters. The molecule has 1 fully saturated rings. The van der Waals surface area contributed by atoms with E-state index in [9.17, 15) is 5.11 Å². The monoisotopic (exact) mass is 320 g/mol. The van der Waals surface area contributed by atoms with Crippen molar-refractivity contribution >= 4 is 11.3 Å². The van der Waals surface area contributed by atoms with E-state index in [1.165, 1.54) is 12.8 Å². The van der Waals surface area contributed by atoms with Crippen molar-refractivity contribution in [1.82, 2.24) is 4.90 Å². The van der Waals surface area contributed by atoms with Gasteiger partial charge in [0.15, 0.2) is 0 Å². The topological polar surface area (TPSA) is 47.3 Å². The fourth-order valence-corrected chi connectivity index (χ4v) is 3.15. The molecule has 0 saturated heterocycles. The van der Waals surface area contributed by atoms with Crippen LogP contribution in [-0.4, -0.2) is 36.4 Å². The third kappa shape index (κ3) is 3.74. The van der Waals surface area contributed by atoms with Crippen molar-refractivity contribution < 1.29 is 5.11 Å². The van der Waals surface area contributed by atoms with Crippen LogP contribution in [0, 0.1) is 10.8 Å². The summed E-state index contributed by atoms with van der Waals surface area (Å²) in [6.45, 7) is 1.01. The number of hydrogen-bond acceptors (Lipinski definition) is 3. The summed E-state index contributed by atoms with van der Waals surface area (Å²) >= 11 is 0. The molecule has 124 valence electrons. The number of aromatic hydroxyl groups is 1. The van der Waals surface area contributed by atoms with Crippen LogP contribution in [0.2, 0.25) is 0 Å². The molecule has 3 heteroatoms. The van der Waals surface area contributed by atoms with Gasteiger partial charge in [0.1, 0.15) is 5.75 Å². The molecule has 1 saturated carbocycles. The fourth-order valence-electron chi connectivity index (χ4n) is 3.15. The molecule has 24 heavy (non-hydrogen) atoms. The standard InChI is InChI=1S/C21H24N2O/c1-23(2)15-21(12-13-21)14-19(16-6-4-3-5-7-16)20(22)17-8-10-18(24)11-9-17/h3-11,14,22,24H,12-13,15H2,1-2H3/b19-14+,22-20?. The number of rotatable bonds is 6. The number of allylic oxidation sites excluding steroid dienone is 1. The lowest BCUT2D eigenvalue weighted by molar-refractivity contribution is 0.348. The zero-order valence-corrected chi connectivity index (χ0v) is 14.3. The Kier molecular flexibility index (Phi) is 4.54. The summed E-state index contributed by atoms with van der Waals surface area (Å²) in [5.74, 6) is 0.225. The molecule has 3 rings (SSSR count). The minimum absolute atomic E-state index is 0.178. The maximum Gasteiger partial charge on any atom is 0.115 e. The maximum absolute atomic E-state index is 9.50. The number of hydrogen-bond donors (Lipinski definition) is 2. The zero-order chi connectivity index (χ0) is 17.2. The van der Waals surface area contributed by atoms with E-state index in [-0.39, 0.29) is 11.2 Å². The Bertz CT molecular complexity index is 741. The smallest absolute Gasteiger partial charge is 0.115 e. The highest BCUT2D eigenvalue weighted by molar-refractivity contribution is 6.30. The zero-order valence-electron chi connectivity index (χ0n) is 14.3. The predicted octanol–water partition coefficient (Wildman–Crippen LogP) is 4.19. The van der Waals surface area contributed by atoms with Crippen LogP contribution in [0.4, 0.5) is 0 Å². The SMILES string of the molecule is CN(C)CC1(/C=C(/C(=N)c2ccc(O)cc2)c2ccccc2)CC1. The van der Waals surface area contributed by atoms with Gasteiger partial charge in [-0.15, -0.1) is 0 Å². The molecule has 2 aromatic rings. The Morgan fingerprint density at radius 2 is 1.67 bits per heavy atom. The summed E-state index contributed by atoms with van der Waals surface area (Å²) in [7, 11) is 4.20. The van der Waals surface area contributed by atoms with Crippen LogP contribution in [0.3, 0.4) is 0 Å². The van der Waals surface area contributed by atoms with Crippen LogP contribution in [0.1, 0.15) is 24.0 Å². The van der Waals surface area contributed by atoms with Crippen molar-refractivity contribution in [2.75, 3.05) is 20.6 Å². The first-order valence-electron chi connectivity index (χ1n) is 8.30. The Balaban J connectivity index is 2.00. The number of benzene rings is 2. The summed E-state index contributed by atoms with van der Waals surface area (Å²) in [6, 6.07) is 17.0. The van der Waals surface area contributed by atoms with E-state index in [1.54, 1.807) is 24.3 Å². The van der Waals surface area contributed by atoms with E-state index in [0.717, 1.165) is 23.2 Å². The van der Waals surface area contributed by atoms with Crippen LogP contribution in [0.25, 0.3) is 5.57 Å². The van der Waals surface area contributed by atoms with Gasteiger partial charge >= 0.3 is 0 Å². The number of phenols is 1. The molecule has 0 bridgehead atoms. The van der Waals surface area contributed by atoms with Crippen molar-refractivity contribution in [3.05, 3.63) is 71.8 Å². The quantitative estimate of drug-likeness (QED) is 0.784. The third-order valence-electron chi connectivity index (χ3n) is 4.48. The van der Waals surface area contributed by atoms with Crippen LogP contribution >= 0.6 is 0 Å². The van der Waals surface area contributed by atoms with Crippen molar-refractivity contribution in [2.24, 2.45) is 5.41 Å². The van der Waals surface area contributed by atoms with Gasteiger partial charge in [-0.05, 0) is 56.8 Å². The number of nitrogens with one attached hydrogen (secondary N) is 1. The average Bonchev–Trinajstić information content (AvgIpc) is 3.32. The summed E-state index contributed by atoms with van der Waals surface area (Å²) in [5.41, 5.74) is 3.55. The first kappa shape index (κ1) is 16.5. The molecule has 0 spiro atoms. The normalized spacial score (nSPS) is 16.2. The molecule has 3 nitrogen and oxygen atoms in total. The summed E-state index contributed by atoms with van der Waals surface area (Å²) in [4.78, 5) is 2.22. The largest absolute Gasteiger partial charge is 0.508 e. The lowest BCUT2D eigenvalue weighted by Gasteiger charge is -2.19. The molecule has 1 aliphatic carbocycles. The highest BCUT2D eigenvalue weighted by Gasteiger charge is 2.41. The molecular formula is C21H24N2O. The van der Waals surface area contributed by atoms with Crippen LogP contribution in [-0.2, 0) is 0 Å². The second-order valence-corrected chi connectivity index (χ2v) is 6.95. The minimum atomic E-state index is 0.178. The van der Waals surface area contributed by atoms with Gasteiger partial charge in [-0.2, -0.15) is 0 Å². The van der Waals surface area contributed by atoms with Gasteiger partial charge in [-0.25, -0.2) is 0 Å². The van der Waals surface area contributed by atoms with Crippen LogP contribution < -0.4 is 0 Å². The van der Waals surface area contributed by atoms with Gasteiger partial charge in [0.05, 0.1) is 5.71 Å². The summed E-state index contributed by atoms with van der Waals surface area (Å²) in [6.07, 6.45) is 4.63. The Labute approximate surface area is 143 Å². The van der Waals surface area contributed by atoms with Crippen LogP contribution in [0.5, 0.6) is 5.75 Å². The first-order chi connectivity index (χ1) is 11.5. The van der Waals surface area contributed by atoms with Gasteiger partial charge < -0.3 is 10.0 Å². The minimum Gasteiger partial charge on any atom is -0.508 e. The van der Waals surface area contributed by atoms with E-state index >= 15 is 0 Å². The Morgan fingerprint density at radius 1 is 1.04 bits per heavy atom. The van der Waals surface area contributed by atoms with Crippen molar-refractivity contribution in [3.8, 4) is 5.75 Å². The summed E-state index contributed by atoms with van der Waals surface area (Å²) in [5, 5.41) is 18.2. The Morgan fingerprint density at radius 3 is 2.21 bits per heavy atom. The van der Waals surface area contributed by atoms with Gasteiger partial charge in [0.2, 0.25) is 0 Å². The first-order valence-corrected chi connectivity index (χ1v) is 8.30. The maximum atomic E-state index is 9.50. The van der Waals surface area contributed by atoms with E-state index < -0.39 is 0 Å². The molecule has 0 amide bonds. The molecule has 0 heterocycles. The highest BCUT2D eigenvalue weighted by atomic mass is 16.3. The Hall–Kier alpha value is -2.39. The fraction of sp³-hybridized carbons (Fsp3) is 0.286. The third-order valence-corrected chi connectivity index (χ3v) is 4.48. The molecule has 1 aliphatic rings. The molecular weight excluding hydrogens is 296 g/mol. The number of phenolic OH excluding ortho intramolecular Hbond substituents is 1. The lowest BCUT2D eigenvalue weighted by atomic mass is 9.91. The second kappa shape index (κ2) is 6.62. The molecule has 0 unspecified atom stereocenters. The van der Waals surface area contributed by atoms with Gasteiger partial charge in [-0.3, -0.25) is 5.41 Å². The van der Waals surface area contributed by atoms with Crippen molar-refractivity contribution in [1.29, 1.82) is 5.41 Å². The van der Waals surface area contributed by atoms with Crippen LogP contribution in [0.15, 0.2) is 60.7 Å². The summed E-state index contributed by atoms with van der Waals surface area (Å²) < 4.78 is 0. The van der Waals surface area contributed by atoms with Gasteiger partial charge in [-0.1, -0.05) is 36.4 Å². The van der Waals surface area contributed by atoms with E-state index in [0.29, 0.717) is 5.71 Å². The van der Waals surface area contributed by atoms with E-state index in [4.69, 9.17) is 5.41 Å². The molecule has 0 aromatic heterocycles. The van der Waals surface area contributed by atoms with E-state index in [1.807, 2.05) is 18.2 Å². The predicted molar refractivity (Wildman–Crippen MR) is 99.6 cm³/mol. The lowest BCUT2D eigenvalue weighted by Crippen LogP contribution is -2.22.